The quantitative estimate of drug-likeness (QED) is 0.781. The van der Waals surface area contributed by atoms with Crippen molar-refractivity contribution in [2.24, 2.45) is 11.8 Å². The normalized spacial score (nSPS) is 18.5. The summed E-state index contributed by atoms with van der Waals surface area (Å²) in [5, 5.41) is 16.9. The summed E-state index contributed by atoms with van der Waals surface area (Å²) < 4.78 is 5.10. The molecule has 2 N–H and O–H groups in total. The first-order chi connectivity index (χ1) is 14.0. The predicted molar refractivity (Wildman–Crippen MR) is 106 cm³/mol. The highest BCUT2D eigenvalue weighted by atomic mass is 16.5. The number of benzene rings is 2. The van der Waals surface area contributed by atoms with E-state index in [-0.39, 0.29) is 11.5 Å². The van der Waals surface area contributed by atoms with Crippen molar-refractivity contribution in [2.45, 2.75) is 25.7 Å². The summed E-state index contributed by atoms with van der Waals surface area (Å²) in [6, 6.07) is 13.5. The summed E-state index contributed by atoms with van der Waals surface area (Å²) in [5.41, 5.74) is 1.21. The van der Waals surface area contributed by atoms with Crippen LogP contribution in [0.15, 0.2) is 48.5 Å². The molecule has 2 atom stereocenters. The van der Waals surface area contributed by atoms with Gasteiger partial charge >= 0.3 is 0 Å². The Balaban J connectivity index is 1.74. The Bertz CT molecular complexity index is 894. The Morgan fingerprint density at radius 2 is 1.59 bits per heavy atom. The number of carbonyl (C=O) groups excluding carboxylic acids is 3. The summed E-state index contributed by atoms with van der Waals surface area (Å²) in [6.07, 6.45) is 2.48. The molecule has 3 rings (SSSR count). The van der Waals surface area contributed by atoms with Crippen molar-refractivity contribution in [1.82, 2.24) is 0 Å². The number of rotatable bonds is 6. The zero-order valence-electron chi connectivity index (χ0n) is 16.1. The number of aliphatic carboxylic acids is 1. The lowest BCUT2D eigenvalue weighted by Gasteiger charge is -2.31. The standard InChI is InChI=1S/C22H24N2O5/c1-29-15-12-10-14(11-13-15)23-21(26)18-8-4-5-9-19(18)24-20(25)16-6-2-3-7-17(16)22(27)28/h4-5,8-13,16-17H,2-3,6-7H2,1H3,(H,23,26)(H,24,25)(H,27,28)/p-1. The number of carboxylic acids is 1. The molecule has 2 aromatic rings. The van der Waals surface area contributed by atoms with Gasteiger partial charge in [-0.25, -0.2) is 0 Å². The van der Waals surface area contributed by atoms with Crippen molar-refractivity contribution < 1.29 is 24.2 Å². The number of methoxy groups -OCH3 is 1. The molecule has 0 aromatic heterocycles. The van der Waals surface area contributed by atoms with Crippen LogP contribution in [0.3, 0.4) is 0 Å². The van der Waals surface area contributed by atoms with E-state index in [9.17, 15) is 19.5 Å². The van der Waals surface area contributed by atoms with Gasteiger partial charge < -0.3 is 25.3 Å². The topological polar surface area (TPSA) is 108 Å². The van der Waals surface area contributed by atoms with E-state index in [1.165, 1.54) is 0 Å². The van der Waals surface area contributed by atoms with Crippen LogP contribution < -0.4 is 20.5 Å². The molecule has 0 heterocycles. The molecule has 2 unspecified atom stereocenters. The largest absolute Gasteiger partial charge is 0.550 e. The van der Waals surface area contributed by atoms with Gasteiger partial charge in [0.05, 0.1) is 18.4 Å². The number of carboxylic acid groups (broad SMARTS) is 1. The van der Waals surface area contributed by atoms with Crippen LogP contribution in [0.1, 0.15) is 36.0 Å². The number of carbonyl (C=O) groups is 3. The van der Waals surface area contributed by atoms with E-state index in [2.05, 4.69) is 10.6 Å². The van der Waals surface area contributed by atoms with Crippen LogP contribution in [0, 0.1) is 11.8 Å². The molecular weight excluding hydrogens is 372 g/mol. The van der Waals surface area contributed by atoms with Crippen LogP contribution in [0.4, 0.5) is 11.4 Å². The molecule has 152 valence electrons. The lowest BCUT2D eigenvalue weighted by molar-refractivity contribution is -0.313. The van der Waals surface area contributed by atoms with Gasteiger partial charge in [-0.05, 0) is 49.2 Å². The summed E-state index contributed by atoms with van der Waals surface area (Å²) in [4.78, 5) is 36.8. The number of para-hydroxylation sites is 1. The number of anilines is 2. The molecule has 1 fully saturated rings. The Morgan fingerprint density at radius 1 is 0.931 bits per heavy atom. The van der Waals surface area contributed by atoms with Crippen molar-refractivity contribution >= 4 is 29.2 Å². The fourth-order valence-electron chi connectivity index (χ4n) is 3.62. The molecule has 0 saturated heterocycles. The number of hydrogen-bond acceptors (Lipinski definition) is 5. The molecule has 1 aliphatic carbocycles. The number of hydrogen-bond donors (Lipinski definition) is 2. The molecule has 2 amide bonds. The summed E-state index contributed by atoms with van der Waals surface area (Å²) >= 11 is 0. The van der Waals surface area contributed by atoms with Crippen molar-refractivity contribution in [1.29, 1.82) is 0 Å². The van der Waals surface area contributed by atoms with Crippen molar-refractivity contribution in [3.05, 3.63) is 54.1 Å². The van der Waals surface area contributed by atoms with Crippen LogP contribution in [-0.4, -0.2) is 24.9 Å². The minimum absolute atomic E-state index is 0.289. The second kappa shape index (κ2) is 9.23. The highest BCUT2D eigenvalue weighted by Gasteiger charge is 2.32. The predicted octanol–water partition coefficient (Wildman–Crippen LogP) is 2.44. The average molecular weight is 395 g/mol. The fourth-order valence-corrected chi connectivity index (χ4v) is 3.62. The molecule has 1 aliphatic rings. The van der Waals surface area contributed by atoms with E-state index >= 15 is 0 Å². The zero-order chi connectivity index (χ0) is 20.8. The van der Waals surface area contributed by atoms with Gasteiger partial charge in [0.1, 0.15) is 5.75 Å². The van der Waals surface area contributed by atoms with Gasteiger partial charge in [0.2, 0.25) is 5.91 Å². The van der Waals surface area contributed by atoms with Crippen molar-refractivity contribution in [3.8, 4) is 5.75 Å². The van der Waals surface area contributed by atoms with E-state index < -0.39 is 23.7 Å². The number of amides is 2. The maximum absolute atomic E-state index is 12.7. The third-order valence-corrected chi connectivity index (χ3v) is 5.18. The van der Waals surface area contributed by atoms with Crippen LogP contribution in [0.25, 0.3) is 0 Å². The molecule has 0 radical (unpaired) electrons. The van der Waals surface area contributed by atoms with Gasteiger partial charge in [-0.3, -0.25) is 9.59 Å². The van der Waals surface area contributed by atoms with Gasteiger partial charge in [0, 0.05) is 23.5 Å². The van der Waals surface area contributed by atoms with E-state index in [1.54, 1.807) is 55.6 Å². The Kier molecular flexibility index (Phi) is 6.49. The van der Waals surface area contributed by atoms with Crippen LogP contribution in [-0.2, 0) is 9.59 Å². The molecule has 0 bridgehead atoms. The van der Waals surface area contributed by atoms with Crippen molar-refractivity contribution in [2.75, 3.05) is 17.7 Å². The third kappa shape index (κ3) is 4.93. The average Bonchev–Trinajstić information content (AvgIpc) is 2.74. The smallest absolute Gasteiger partial charge is 0.257 e. The Morgan fingerprint density at radius 3 is 2.24 bits per heavy atom. The molecule has 2 aromatic carbocycles. The highest BCUT2D eigenvalue weighted by molar-refractivity contribution is 6.10. The van der Waals surface area contributed by atoms with Crippen LogP contribution >= 0.6 is 0 Å². The molecule has 1 saturated carbocycles. The first-order valence-electron chi connectivity index (χ1n) is 9.55. The van der Waals surface area contributed by atoms with Gasteiger partial charge in [-0.2, -0.15) is 0 Å². The van der Waals surface area contributed by atoms with Gasteiger partial charge in [-0.15, -0.1) is 0 Å². The monoisotopic (exact) mass is 395 g/mol. The van der Waals surface area contributed by atoms with Gasteiger partial charge in [0.25, 0.3) is 5.91 Å². The minimum atomic E-state index is -1.20. The SMILES string of the molecule is COc1ccc(NC(=O)c2ccccc2NC(=O)C2CCCCC2C(=O)[O-])cc1. The maximum Gasteiger partial charge on any atom is 0.257 e. The van der Waals surface area contributed by atoms with E-state index in [0.29, 0.717) is 30.0 Å². The molecule has 7 heteroatoms. The molecule has 7 nitrogen and oxygen atoms in total. The van der Waals surface area contributed by atoms with E-state index in [4.69, 9.17) is 4.74 Å². The van der Waals surface area contributed by atoms with Crippen molar-refractivity contribution in [3.63, 3.8) is 0 Å². The summed E-state index contributed by atoms with van der Waals surface area (Å²) in [5.74, 6) is -2.77. The van der Waals surface area contributed by atoms with E-state index in [1.807, 2.05) is 0 Å². The first kappa shape index (κ1) is 20.4. The lowest BCUT2D eigenvalue weighted by Crippen LogP contribution is -2.42. The number of nitrogens with one attached hydrogen (secondary N) is 2. The van der Waals surface area contributed by atoms with Crippen LogP contribution in [0.5, 0.6) is 5.75 Å². The molecule has 29 heavy (non-hydrogen) atoms. The Hall–Kier alpha value is -3.35. The molecule has 0 aliphatic heterocycles. The second-order valence-electron chi connectivity index (χ2n) is 7.03. The highest BCUT2D eigenvalue weighted by Crippen LogP contribution is 2.31. The Labute approximate surface area is 169 Å². The molecule has 0 spiro atoms. The minimum Gasteiger partial charge on any atom is -0.550 e. The third-order valence-electron chi connectivity index (χ3n) is 5.18. The maximum atomic E-state index is 12.7. The summed E-state index contributed by atoms with van der Waals surface area (Å²) in [6.45, 7) is 0. The number of ether oxygens (including phenoxy) is 1. The summed E-state index contributed by atoms with van der Waals surface area (Å²) in [7, 11) is 1.56. The molecular formula is C22H23N2O5-. The zero-order valence-corrected chi connectivity index (χ0v) is 16.1. The fraction of sp³-hybridized carbons (Fsp3) is 0.318. The van der Waals surface area contributed by atoms with Gasteiger partial charge in [-0.1, -0.05) is 25.0 Å². The van der Waals surface area contributed by atoms with Crippen LogP contribution in [0.2, 0.25) is 0 Å². The lowest BCUT2D eigenvalue weighted by atomic mass is 9.78. The first-order valence-corrected chi connectivity index (χ1v) is 9.55. The second-order valence-corrected chi connectivity index (χ2v) is 7.03. The van der Waals surface area contributed by atoms with E-state index in [0.717, 1.165) is 12.8 Å². The van der Waals surface area contributed by atoms with Gasteiger partial charge in [0.15, 0.2) is 0 Å².